The molecule has 2 saturated heterocycles. The molecule has 0 spiro atoms. The Labute approximate surface area is 171 Å². The van der Waals surface area contributed by atoms with E-state index in [-0.39, 0.29) is 6.10 Å². The van der Waals surface area contributed by atoms with Crippen LogP contribution in [0, 0.1) is 0 Å². The van der Waals surface area contributed by atoms with E-state index in [1.54, 1.807) is 0 Å². The number of nitrogens with zero attached hydrogens (tertiary/aromatic N) is 3. The van der Waals surface area contributed by atoms with Crippen molar-refractivity contribution in [2.45, 2.75) is 18.9 Å². The first-order valence-electron chi connectivity index (χ1n) is 9.95. The molecule has 0 saturated carbocycles. The van der Waals surface area contributed by atoms with Gasteiger partial charge in [-0.15, -0.1) is 0 Å². The maximum Gasteiger partial charge on any atom is 0.170 e. The van der Waals surface area contributed by atoms with Crippen molar-refractivity contribution >= 4 is 34.5 Å². The van der Waals surface area contributed by atoms with Crippen molar-refractivity contribution < 1.29 is 4.74 Å². The molecule has 0 aliphatic carbocycles. The van der Waals surface area contributed by atoms with Crippen LogP contribution < -0.4 is 20.4 Å². The fraction of sp³-hybridized carbons (Fsp3) is 0.429. The van der Waals surface area contributed by atoms with Crippen LogP contribution >= 0.6 is 12.2 Å². The van der Waals surface area contributed by atoms with Crippen molar-refractivity contribution in [2.75, 3.05) is 54.4 Å². The highest BCUT2D eigenvalue weighted by Crippen LogP contribution is 2.20. The summed E-state index contributed by atoms with van der Waals surface area (Å²) in [6.45, 7) is 5.55. The zero-order valence-electron chi connectivity index (χ0n) is 16.0. The quantitative estimate of drug-likeness (QED) is 0.753. The summed E-state index contributed by atoms with van der Waals surface area (Å²) in [7, 11) is 0. The van der Waals surface area contributed by atoms with E-state index in [2.05, 4.69) is 61.8 Å². The van der Waals surface area contributed by atoms with Gasteiger partial charge >= 0.3 is 0 Å². The molecule has 1 aromatic carbocycles. The van der Waals surface area contributed by atoms with Gasteiger partial charge in [0.15, 0.2) is 5.11 Å². The van der Waals surface area contributed by atoms with Crippen molar-refractivity contribution in [1.29, 1.82) is 0 Å². The third kappa shape index (κ3) is 4.91. The van der Waals surface area contributed by atoms with Gasteiger partial charge in [0.05, 0.1) is 18.0 Å². The molecule has 2 aliphatic heterocycles. The Morgan fingerprint density at radius 1 is 1.07 bits per heavy atom. The molecule has 148 valence electrons. The molecule has 7 heteroatoms. The van der Waals surface area contributed by atoms with Gasteiger partial charge in [-0.1, -0.05) is 18.2 Å². The van der Waals surface area contributed by atoms with Crippen molar-refractivity contribution in [3.05, 3.63) is 48.7 Å². The number of pyridine rings is 1. The maximum atomic E-state index is 5.60. The number of nitrogens with one attached hydrogen (secondary N) is 2. The average Bonchev–Trinajstić information content (AvgIpc) is 3.27. The summed E-state index contributed by atoms with van der Waals surface area (Å²) < 4.78 is 5.60. The second-order valence-corrected chi connectivity index (χ2v) is 7.59. The molecule has 2 fully saturated rings. The van der Waals surface area contributed by atoms with Gasteiger partial charge in [0, 0.05) is 45.0 Å². The van der Waals surface area contributed by atoms with E-state index >= 15 is 0 Å². The molecule has 2 N–H and O–H groups in total. The van der Waals surface area contributed by atoms with Crippen LogP contribution in [0.2, 0.25) is 0 Å². The standard InChI is InChI=1S/C21H27N5OS/c28-21(23-16-19-7-4-14-27-19)24-17-8-9-20(22-15-17)26-12-10-25(11-13-26)18-5-2-1-3-6-18/h1-3,5-6,8-9,15,19H,4,7,10-14,16H2,(H2,23,24,28)/t19-/m1/s1. The van der Waals surface area contributed by atoms with Crippen molar-refractivity contribution in [2.24, 2.45) is 0 Å². The lowest BCUT2D eigenvalue weighted by Gasteiger charge is -2.36. The molecule has 0 radical (unpaired) electrons. The second-order valence-electron chi connectivity index (χ2n) is 7.18. The van der Waals surface area contributed by atoms with Gasteiger partial charge in [-0.3, -0.25) is 0 Å². The molecule has 0 unspecified atom stereocenters. The molecule has 4 rings (SSSR count). The molecule has 0 bridgehead atoms. The number of aromatic nitrogens is 1. The number of piperazine rings is 1. The number of hydrogen-bond acceptors (Lipinski definition) is 5. The molecule has 28 heavy (non-hydrogen) atoms. The van der Waals surface area contributed by atoms with Crippen molar-refractivity contribution in [3.8, 4) is 0 Å². The van der Waals surface area contributed by atoms with Gasteiger partial charge in [-0.2, -0.15) is 0 Å². The van der Waals surface area contributed by atoms with Gasteiger partial charge < -0.3 is 25.2 Å². The molecule has 1 aromatic heterocycles. The minimum Gasteiger partial charge on any atom is -0.376 e. The Balaban J connectivity index is 1.25. The zero-order chi connectivity index (χ0) is 19.2. The van der Waals surface area contributed by atoms with Gasteiger partial charge in [0.1, 0.15) is 5.82 Å². The summed E-state index contributed by atoms with van der Waals surface area (Å²) >= 11 is 5.37. The molecule has 2 aliphatic rings. The smallest absolute Gasteiger partial charge is 0.170 e. The van der Waals surface area contributed by atoms with E-state index in [0.29, 0.717) is 5.11 Å². The van der Waals surface area contributed by atoms with Crippen molar-refractivity contribution in [1.82, 2.24) is 10.3 Å². The number of para-hydroxylation sites is 1. The summed E-state index contributed by atoms with van der Waals surface area (Å²) in [6, 6.07) is 14.7. The highest BCUT2D eigenvalue weighted by molar-refractivity contribution is 7.80. The van der Waals surface area contributed by atoms with E-state index in [1.807, 2.05) is 12.3 Å². The van der Waals surface area contributed by atoms with Crippen molar-refractivity contribution in [3.63, 3.8) is 0 Å². The summed E-state index contributed by atoms with van der Waals surface area (Å²) in [5, 5.41) is 7.04. The van der Waals surface area contributed by atoms with Crippen LogP contribution in [0.25, 0.3) is 0 Å². The predicted molar refractivity (Wildman–Crippen MR) is 118 cm³/mol. The van der Waals surface area contributed by atoms with Crippen LogP contribution in [0.1, 0.15) is 12.8 Å². The number of ether oxygens (including phenoxy) is 1. The number of rotatable bonds is 5. The SMILES string of the molecule is S=C(NC[C@H]1CCCO1)Nc1ccc(N2CCN(c3ccccc3)CC2)nc1. The van der Waals surface area contributed by atoms with Crippen LogP contribution in [-0.4, -0.2) is 55.5 Å². The molecule has 3 heterocycles. The third-order valence-corrected chi connectivity index (χ3v) is 5.49. The van der Waals surface area contributed by atoms with E-state index in [1.165, 1.54) is 5.69 Å². The Hall–Kier alpha value is -2.38. The first-order chi connectivity index (χ1) is 13.8. The predicted octanol–water partition coefficient (Wildman–Crippen LogP) is 2.87. The van der Waals surface area contributed by atoms with Gasteiger partial charge in [0.25, 0.3) is 0 Å². The lowest BCUT2D eigenvalue weighted by Crippen LogP contribution is -2.46. The number of hydrogen-bond donors (Lipinski definition) is 2. The molecule has 0 amide bonds. The topological polar surface area (TPSA) is 52.7 Å². The maximum absolute atomic E-state index is 5.60. The van der Waals surface area contributed by atoms with Crippen LogP contribution in [0.15, 0.2) is 48.7 Å². The largest absolute Gasteiger partial charge is 0.376 e. The lowest BCUT2D eigenvalue weighted by molar-refractivity contribution is 0.114. The van der Waals surface area contributed by atoms with Crippen LogP contribution in [0.3, 0.4) is 0 Å². The Bertz CT molecular complexity index is 756. The number of anilines is 3. The average molecular weight is 398 g/mol. The second kappa shape index (κ2) is 9.21. The van der Waals surface area contributed by atoms with Gasteiger partial charge in [-0.25, -0.2) is 4.98 Å². The molecular weight excluding hydrogens is 370 g/mol. The molecule has 1 atom stereocenters. The van der Waals surface area contributed by atoms with Gasteiger partial charge in [-0.05, 0) is 49.3 Å². The summed E-state index contributed by atoms with van der Waals surface area (Å²) in [4.78, 5) is 9.38. The van der Waals surface area contributed by atoms with E-state index in [4.69, 9.17) is 17.0 Å². The van der Waals surface area contributed by atoms with Gasteiger partial charge in [0.2, 0.25) is 0 Å². The Kier molecular flexibility index (Phi) is 6.24. The van der Waals surface area contributed by atoms with E-state index < -0.39 is 0 Å². The fourth-order valence-electron chi connectivity index (χ4n) is 3.67. The fourth-order valence-corrected chi connectivity index (χ4v) is 3.87. The minimum atomic E-state index is 0.273. The third-order valence-electron chi connectivity index (χ3n) is 5.25. The first-order valence-corrected chi connectivity index (χ1v) is 10.4. The highest BCUT2D eigenvalue weighted by atomic mass is 32.1. The normalized spacial score (nSPS) is 19.5. The Morgan fingerprint density at radius 3 is 2.54 bits per heavy atom. The molecular formula is C21H27N5OS. The summed E-state index contributed by atoms with van der Waals surface area (Å²) in [5.74, 6) is 1.01. The Morgan fingerprint density at radius 2 is 1.86 bits per heavy atom. The molecule has 6 nitrogen and oxygen atoms in total. The highest BCUT2D eigenvalue weighted by Gasteiger charge is 2.18. The minimum absolute atomic E-state index is 0.273. The van der Waals surface area contributed by atoms with Crippen LogP contribution in [0.5, 0.6) is 0 Å². The first kappa shape index (κ1) is 19.0. The number of thiocarbonyl (C=S) groups is 1. The van der Waals surface area contributed by atoms with E-state index in [0.717, 1.165) is 63.7 Å². The molecule has 2 aromatic rings. The monoisotopic (exact) mass is 397 g/mol. The van der Waals surface area contributed by atoms with E-state index in [9.17, 15) is 0 Å². The number of benzene rings is 1. The summed E-state index contributed by atoms with van der Waals surface area (Å²) in [6.07, 6.45) is 4.36. The zero-order valence-corrected chi connectivity index (χ0v) is 16.8. The lowest BCUT2D eigenvalue weighted by atomic mass is 10.2. The van der Waals surface area contributed by atoms with Crippen LogP contribution in [-0.2, 0) is 4.74 Å². The summed E-state index contributed by atoms with van der Waals surface area (Å²) in [5.41, 5.74) is 2.19. The van der Waals surface area contributed by atoms with Crippen LogP contribution in [0.4, 0.5) is 17.2 Å².